The molecule has 0 fully saturated rings. The van der Waals surface area contributed by atoms with Gasteiger partial charge in [0, 0.05) is 5.39 Å². The lowest BCUT2D eigenvalue weighted by Gasteiger charge is -2.18. The van der Waals surface area contributed by atoms with E-state index in [1.165, 1.54) is 23.9 Å². The molecule has 2 aromatic carbocycles. The number of rotatable bonds is 5. The van der Waals surface area contributed by atoms with Crippen LogP contribution in [0.5, 0.6) is 0 Å². The number of benzene rings is 2. The Kier molecular flexibility index (Phi) is 5.80. The monoisotopic (exact) mass is 382 g/mol. The number of para-hydroxylation sites is 1. The van der Waals surface area contributed by atoms with Gasteiger partial charge in [0.1, 0.15) is 5.82 Å². The molecule has 5 heteroatoms. The maximum atomic E-state index is 13.1. The van der Waals surface area contributed by atoms with E-state index in [1.807, 2.05) is 39.0 Å². The van der Waals surface area contributed by atoms with Crippen LogP contribution in [0.25, 0.3) is 10.9 Å². The molecule has 0 aliphatic carbocycles. The molecule has 0 radical (unpaired) electrons. The quantitative estimate of drug-likeness (QED) is 0.605. The minimum Gasteiger partial charge on any atom is -0.349 e. The highest BCUT2D eigenvalue weighted by molar-refractivity contribution is 8.00. The van der Waals surface area contributed by atoms with Crippen molar-refractivity contribution in [2.24, 2.45) is 0 Å². The molecule has 0 saturated heterocycles. The number of carbonyl (C=O) groups is 1. The Morgan fingerprint density at radius 2 is 1.78 bits per heavy atom. The second-order valence-corrected chi connectivity index (χ2v) is 8.15. The summed E-state index contributed by atoms with van der Waals surface area (Å²) in [5.41, 5.74) is 4.13. The molecule has 1 aromatic heterocycles. The number of nitrogens with zero attached hydrogens (tertiary/aromatic N) is 1. The predicted octanol–water partition coefficient (Wildman–Crippen LogP) is 5.35. The molecule has 0 saturated carbocycles. The molecule has 3 nitrogen and oxygen atoms in total. The molecule has 27 heavy (non-hydrogen) atoms. The molecule has 140 valence electrons. The fraction of sp³-hybridized carbons (Fsp3) is 0.273. The maximum Gasteiger partial charge on any atom is 0.233 e. The lowest BCUT2D eigenvalue weighted by atomic mass is 10.1. The number of hydrogen-bond acceptors (Lipinski definition) is 3. The smallest absolute Gasteiger partial charge is 0.233 e. The van der Waals surface area contributed by atoms with E-state index in [4.69, 9.17) is 4.98 Å². The minimum absolute atomic E-state index is 0.0684. The molecule has 1 heterocycles. The van der Waals surface area contributed by atoms with Crippen molar-refractivity contribution >= 4 is 28.6 Å². The van der Waals surface area contributed by atoms with Crippen LogP contribution in [0.4, 0.5) is 4.39 Å². The SMILES string of the molecule is Cc1cc(S[C@@H](C)C(=O)N[C@@H](C)c2ccc(F)cc2)nc2c(C)cccc12. The summed E-state index contributed by atoms with van der Waals surface area (Å²) in [5, 5.41) is 4.68. The fourth-order valence-electron chi connectivity index (χ4n) is 2.99. The van der Waals surface area contributed by atoms with Gasteiger partial charge in [-0.15, -0.1) is 0 Å². The third kappa shape index (κ3) is 4.48. The van der Waals surface area contributed by atoms with Gasteiger partial charge < -0.3 is 5.32 Å². The van der Waals surface area contributed by atoms with Crippen molar-refractivity contribution in [1.29, 1.82) is 0 Å². The van der Waals surface area contributed by atoms with Gasteiger partial charge in [0.2, 0.25) is 5.91 Å². The summed E-state index contributed by atoms with van der Waals surface area (Å²) in [4.78, 5) is 17.3. The largest absolute Gasteiger partial charge is 0.349 e. The van der Waals surface area contributed by atoms with Crippen molar-refractivity contribution in [1.82, 2.24) is 10.3 Å². The number of fused-ring (bicyclic) bond motifs is 1. The topological polar surface area (TPSA) is 42.0 Å². The highest BCUT2D eigenvalue weighted by Gasteiger charge is 2.18. The summed E-state index contributed by atoms with van der Waals surface area (Å²) in [5.74, 6) is -0.351. The molecule has 0 spiro atoms. The standard InChI is InChI=1S/C22H23FN2OS/c1-13-6-5-7-19-14(2)12-20(25-21(13)19)27-16(4)22(26)24-15(3)17-8-10-18(23)11-9-17/h5-12,15-16H,1-4H3,(H,24,26)/t15-,16-/m0/s1. The van der Waals surface area contributed by atoms with Gasteiger partial charge in [0.05, 0.1) is 21.8 Å². The van der Waals surface area contributed by atoms with E-state index in [-0.39, 0.29) is 23.0 Å². The highest BCUT2D eigenvalue weighted by Crippen LogP contribution is 2.28. The molecular weight excluding hydrogens is 359 g/mol. The lowest BCUT2D eigenvalue weighted by Crippen LogP contribution is -2.33. The summed E-state index contributed by atoms with van der Waals surface area (Å²) >= 11 is 1.45. The van der Waals surface area contributed by atoms with E-state index in [0.717, 1.165) is 32.6 Å². The molecule has 1 N–H and O–H groups in total. The van der Waals surface area contributed by atoms with E-state index in [9.17, 15) is 9.18 Å². The van der Waals surface area contributed by atoms with Gasteiger partial charge in [0.25, 0.3) is 0 Å². The Labute approximate surface area is 163 Å². The Hall–Kier alpha value is -2.40. The maximum absolute atomic E-state index is 13.1. The van der Waals surface area contributed by atoms with Crippen LogP contribution in [-0.2, 0) is 4.79 Å². The zero-order valence-corrected chi connectivity index (χ0v) is 16.7. The number of thioether (sulfide) groups is 1. The molecule has 0 aliphatic rings. The molecule has 1 amide bonds. The normalized spacial score (nSPS) is 13.4. The number of aromatic nitrogens is 1. The van der Waals surface area contributed by atoms with Gasteiger partial charge in [-0.3, -0.25) is 4.79 Å². The average molecular weight is 383 g/mol. The van der Waals surface area contributed by atoms with Crippen molar-refractivity contribution in [3.05, 3.63) is 71.0 Å². The Balaban J connectivity index is 1.72. The predicted molar refractivity (Wildman–Crippen MR) is 109 cm³/mol. The fourth-order valence-corrected chi connectivity index (χ4v) is 3.92. The highest BCUT2D eigenvalue weighted by atomic mass is 32.2. The second-order valence-electron chi connectivity index (χ2n) is 6.79. The van der Waals surface area contributed by atoms with Gasteiger partial charge >= 0.3 is 0 Å². The van der Waals surface area contributed by atoms with Crippen LogP contribution in [0.2, 0.25) is 0 Å². The van der Waals surface area contributed by atoms with Gasteiger partial charge in [-0.25, -0.2) is 9.37 Å². The molecule has 0 aliphatic heterocycles. The number of aryl methyl sites for hydroxylation is 2. The molecule has 0 bridgehead atoms. The van der Waals surface area contributed by atoms with Crippen molar-refractivity contribution in [3.8, 4) is 0 Å². The van der Waals surface area contributed by atoms with E-state index in [1.54, 1.807) is 12.1 Å². The van der Waals surface area contributed by atoms with Crippen LogP contribution in [0.3, 0.4) is 0 Å². The number of carbonyl (C=O) groups excluding carboxylic acids is 1. The van der Waals surface area contributed by atoms with Crippen molar-refractivity contribution in [3.63, 3.8) is 0 Å². The first kappa shape index (κ1) is 19.4. The number of halogens is 1. The van der Waals surface area contributed by atoms with Crippen molar-refractivity contribution < 1.29 is 9.18 Å². The molecule has 0 unspecified atom stereocenters. The summed E-state index contributed by atoms with van der Waals surface area (Å²) in [6.07, 6.45) is 0. The van der Waals surface area contributed by atoms with Crippen LogP contribution in [0, 0.1) is 19.7 Å². The van der Waals surface area contributed by atoms with Crippen molar-refractivity contribution in [2.45, 2.75) is 44.0 Å². The van der Waals surface area contributed by atoms with Crippen molar-refractivity contribution in [2.75, 3.05) is 0 Å². The number of hydrogen-bond donors (Lipinski definition) is 1. The molecule has 2 atom stereocenters. The first-order chi connectivity index (χ1) is 12.8. The summed E-state index contributed by atoms with van der Waals surface area (Å²) in [6, 6.07) is 14.2. The first-order valence-corrected chi connectivity index (χ1v) is 9.82. The van der Waals surface area contributed by atoms with Gasteiger partial charge in [0.15, 0.2) is 0 Å². The van der Waals surface area contributed by atoms with Gasteiger partial charge in [-0.1, -0.05) is 42.1 Å². The van der Waals surface area contributed by atoms with E-state index < -0.39 is 0 Å². The number of nitrogens with one attached hydrogen (secondary N) is 1. The first-order valence-electron chi connectivity index (χ1n) is 8.94. The van der Waals surface area contributed by atoms with Gasteiger partial charge in [-0.2, -0.15) is 0 Å². The van der Waals surface area contributed by atoms with E-state index >= 15 is 0 Å². The van der Waals surface area contributed by atoms with Crippen LogP contribution in [-0.4, -0.2) is 16.1 Å². The van der Waals surface area contributed by atoms with Crippen LogP contribution < -0.4 is 5.32 Å². The summed E-state index contributed by atoms with van der Waals surface area (Å²) in [7, 11) is 0. The zero-order valence-electron chi connectivity index (χ0n) is 15.9. The van der Waals surface area contributed by atoms with Crippen LogP contribution in [0.15, 0.2) is 53.6 Å². The van der Waals surface area contributed by atoms with Crippen LogP contribution in [0.1, 0.15) is 36.6 Å². The number of pyridine rings is 1. The zero-order chi connectivity index (χ0) is 19.6. The molecular formula is C22H23FN2OS. The summed E-state index contributed by atoms with van der Waals surface area (Å²) < 4.78 is 13.1. The minimum atomic E-state index is -0.290. The van der Waals surface area contributed by atoms with E-state index in [0.29, 0.717) is 0 Å². The molecule has 3 aromatic rings. The Bertz CT molecular complexity index is 972. The summed E-state index contributed by atoms with van der Waals surface area (Å²) in [6.45, 7) is 7.87. The molecule has 3 rings (SSSR count). The third-order valence-corrected chi connectivity index (χ3v) is 5.64. The van der Waals surface area contributed by atoms with Crippen LogP contribution >= 0.6 is 11.8 Å². The third-order valence-electron chi connectivity index (χ3n) is 4.62. The van der Waals surface area contributed by atoms with E-state index in [2.05, 4.69) is 18.3 Å². The second kappa shape index (κ2) is 8.09. The Morgan fingerprint density at radius 1 is 1.07 bits per heavy atom. The Morgan fingerprint density at radius 3 is 2.48 bits per heavy atom. The van der Waals surface area contributed by atoms with Gasteiger partial charge in [-0.05, 0) is 62.6 Å². The average Bonchev–Trinajstić information content (AvgIpc) is 2.63. The lowest BCUT2D eigenvalue weighted by molar-refractivity contribution is -0.120. The number of amides is 1.